The first-order chi connectivity index (χ1) is 36.8. The van der Waals surface area contributed by atoms with Crippen LogP contribution in [0.15, 0.2) is 243 Å². The summed E-state index contributed by atoms with van der Waals surface area (Å²) in [7, 11) is 0. The maximum atomic E-state index is 2.53. The van der Waals surface area contributed by atoms with Crippen LogP contribution < -0.4 is 0 Å². The summed E-state index contributed by atoms with van der Waals surface area (Å²) >= 11 is 3.83. The molecule has 0 atom stereocenters. The summed E-state index contributed by atoms with van der Waals surface area (Å²) in [6, 6.07) is 90.7. The molecule has 0 saturated heterocycles. The van der Waals surface area contributed by atoms with Crippen LogP contribution in [0.5, 0.6) is 0 Å². The zero-order valence-electron chi connectivity index (χ0n) is 39.8. The third-order valence-electron chi connectivity index (χ3n) is 16.0. The maximum absolute atomic E-state index is 2.53. The SMILES string of the molecule is c1ccc(-n2c3ccc(-c4c5ccccc5c(-c5ccc6c(c5)c5c7ccccc7c7c8ccccc8sc7c5n6-c5ccccc5)c5ccccc45)cc3c3c4ccccc4c4c5ccccc5sc4c32)cc1. The largest absolute Gasteiger partial charge is 0.308 e. The molecular formula is C70H40N2S2. The Balaban J connectivity index is 0.966. The van der Waals surface area contributed by atoms with Crippen molar-refractivity contribution in [3.05, 3.63) is 243 Å². The van der Waals surface area contributed by atoms with Crippen LogP contribution in [0, 0.1) is 0 Å². The average Bonchev–Trinajstić information content (AvgIpc) is 4.23. The molecule has 0 N–H and O–H groups in total. The summed E-state index contributed by atoms with van der Waals surface area (Å²) in [6.07, 6.45) is 0. The Morgan fingerprint density at radius 3 is 0.932 bits per heavy atom. The molecule has 74 heavy (non-hydrogen) atoms. The zero-order valence-corrected chi connectivity index (χ0v) is 41.4. The highest BCUT2D eigenvalue weighted by molar-refractivity contribution is 7.27. The van der Waals surface area contributed by atoms with Crippen molar-refractivity contribution in [3.8, 4) is 33.6 Å². The lowest BCUT2D eigenvalue weighted by atomic mass is 9.85. The summed E-state index contributed by atoms with van der Waals surface area (Å²) in [4.78, 5) is 0. The summed E-state index contributed by atoms with van der Waals surface area (Å²) in [5, 5.41) is 20.6. The summed E-state index contributed by atoms with van der Waals surface area (Å²) < 4.78 is 10.3. The predicted octanol–water partition coefficient (Wildman–Crippen LogP) is 20.6. The van der Waals surface area contributed by atoms with Crippen LogP contribution in [-0.4, -0.2) is 9.13 Å². The van der Waals surface area contributed by atoms with E-state index >= 15 is 0 Å². The van der Waals surface area contributed by atoms with E-state index in [1.54, 1.807) is 0 Å². The number of para-hydroxylation sites is 2. The maximum Gasteiger partial charge on any atom is 0.0726 e. The minimum absolute atomic E-state index is 1.17. The molecule has 0 amide bonds. The van der Waals surface area contributed by atoms with Crippen LogP contribution in [0.25, 0.3) is 161 Å². The number of nitrogens with zero attached hydrogens (tertiary/aromatic N) is 2. The molecule has 0 saturated carbocycles. The lowest BCUT2D eigenvalue weighted by Gasteiger charge is -2.18. The van der Waals surface area contributed by atoms with Crippen molar-refractivity contribution >= 4 is 150 Å². The number of benzene rings is 13. The van der Waals surface area contributed by atoms with Gasteiger partial charge in [0.05, 0.1) is 31.5 Å². The average molecular weight is 973 g/mol. The second-order valence-electron chi connectivity index (χ2n) is 19.8. The Bertz CT molecular complexity index is 4860. The topological polar surface area (TPSA) is 9.86 Å². The van der Waals surface area contributed by atoms with Gasteiger partial charge in [-0.05, 0) is 126 Å². The van der Waals surface area contributed by atoms with E-state index in [4.69, 9.17) is 0 Å². The van der Waals surface area contributed by atoms with Crippen LogP contribution in [0.1, 0.15) is 0 Å². The Morgan fingerprint density at radius 1 is 0.243 bits per heavy atom. The van der Waals surface area contributed by atoms with Crippen LogP contribution >= 0.6 is 22.7 Å². The van der Waals surface area contributed by atoms with Crippen LogP contribution in [0.2, 0.25) is 0 Å². The van der Waals surface area contributed by atoms with Gasteiger partial charge in [0, 0.05) is 63.9 Å². The summed E-state index contributed by atoms with van der Waals surface area (Å²) in [5.74, 6) is 0. The molecule has 4 heteroatoms. The lowest BCUT2D eigenvalue weighted by Crippen LogP contribution is -1.94. The Morgan fingerprint density at radius 2 is 0.554 bits per heavy atom. The van der Waals surface area contributed by atoms with E-state index < -0.39 is 0 Å². The van der Waals surface area contributed by atoms with E-state index in [1.807, 2.05) is 22.7 Å². The molecular weight excluding hydrogens is 933 g/mol. The van der Waals surface area contributed by atoms with Crippen molar-refractivity contribution in [1.82, 2.24) is 9.13 Å². The molecule has 17 aromatic rings. The fourth-order valence-electron chi connectivity index (χ4n) is 13.1. The number of hydrogen-bond acceptors (Lipinski definition) is 2. The van der Waals surface area contributed by atoms with Crippen molar-refractivity contribution in [2.24, 2.45) is 0 Å². The zero-order chi connectivity index (χ0) is 48.2. The summed E-state index contributed by atoms with van der Waals surface area (Å²) in [6.45, 7) is 0. The van der Waals surface area contributed by atoms with E-state index in [9.17, 15) is 0 Å². The second kappa shape index (κ2) is 15.2. The molecule has 342 valence electrons. The quantitative estimate of drug-likeness (QED) is 0.156. The molecule has 0 aliphatic rings. The minimum atomic E-state index is 1.17. The third kappa shape index (κ3) is 5.43. The normalized spacial score (nSPS) is 12.3. The molecule has 2 nitrogen and oxygen atoms in total. The van der Waals surface area contributed by atoms with Crippen molar-refractivity contribution in [2.75, 3.05) is 0 Å². The lowest BCUT2D eigenvalue weighted by molar-refractivity contribution is 1.19. The Kier molecular flexibility index (Phi) is 8.34. The van der Waals surface area contributed by atoms with Gasteiger partial charge in [0.25, 0.3) is 0 Å². The van der Waals surface area contributed by atoms with Gasteiger partial charge in [-0.1, -0.05) is 182 Å². The number of fused-ring (bicyclic) bond motifs is 22. The summed E-state index contributed by atoms with van der Waals surface area (Å²) in [5.41, 5.74) is 12.2. The van der Waals surface area contributed by atoms with Crippen molar-refractivity contribution in [2.45, 2.75) is 0 Å². The van der Waals surface area contributed by atoms with E-state index in [-0.39, 0.29) is 0 Å². The fourth-order valence-corrected chi connectivity index (χ4v) is 15.6. The number of hydrogen-bond donors (Lipinski definition) is 0. The first-order valence-corrected chi connectivity index (χ1v) is 27.1. The molecule has 0 radical (unpaired) electrons. The van der Waals surface area contributed by atoms with Gasteiger partial charge in [0.2, 0.25) is 0 Å². The van der Waals surface area contributed by atoms with Gasteiger partial charge < -0.3 is 9.13 Å². The molecule has 17 rings (SSSR count). The number of aromatic nitrogens is 2. The van der Waals surface area contributed by atoms with E-state index in [0.29, 0.717) is 0 Å². The molecule has 0 aliphatic carbocycles. The standard InChI is InChI=1S/C70H40N2S2/c1-3-19-43(20-4-1)71-57-37-35-41(39-55(57)63-49-27-11-13-29-51(49)65-53-31-15-17-33-59(53)73-69(65)67(63)71)61-45-23-7-9-25-47(45)62(48-26-10-8-24-46(48)61)42-36-38-58-56(40-42)64-50-28-12-14-30-52(50)66-54-32-16-18-34-60(54)74-70(66)68(64)72(58)44-21-5-2-6-22-44/h1-40H. The smallest absolute Gasteiger partial charge is 0.0726 e. The van der Waals surface area contributed by atoms with Crippen LogP contribution in [-0.2, 0) is 0 Å². The Hall–Kier alpha value is -9.06. The van der Waals surface area contributed by atoms with Crippen molar-refractivity contribution in [1.29, 1.82) is 0 Å². The first kappa shape index (κ1) is 40.5. The van der Waals surface area contributed by atoms with Gasteiger partial charge in [-0.3, -0.25) is 0 Å². The molecule has 0 unspecified atom stereocenters. The Labute approximate surface area is 432 Å². The van der Waals surface area contributed by atoms with Crippen molar-refractivity contribution in [3.63, 3.8) is 0 Å². The van der Waals surface area contributed by atoms with Gasteiger partial charge in [-0.15, -0.1) is 22.7 Å². The molecule has 13 aromatic carbocycles. The van der Waals surface area contributed by atoms with Gasteiger partial charge in [0.15, 0.2) is 0 Å². The van der Waals surface area contributed by atoms with Gasteiger partial charge in [0.1, 0.15) is 0 Å². The molecule has 0 aliphatic heterocycles. The van der Waals surface area contributed by atoms with Crippen LogP contribution in [0.3, 0.4) is 0 Å². The van der Waals surface area contributed by atoms with E-state index in [0.717, 1.165) is 0 Å². The first-order valence-electron chi connectivity index (χ1n) is 25.4. The highest BCUT2D eigenvalue weighted by Gasteiger charge is 2.26. The van der Waals surface area contributed by atoms with Gasteiger partial charge in [-0.25, -0.2) is 0 Å². The van der Waals surface area contributed by atoms with Gasteiger partial charge >= 0.3 is 0 Å². The van der Waals surface area contributed by atoms with Crippen molar-refractivity contribution < 1.29 is 0 Å². The molecule has 0 fully saturated rings. The second-order valence-corrected chi connectivity index (χ2v) is 21.9. The molecule has 4 heterocycles. The monoisotopic (exact) mass is 972 g/mol. The number of thiophene rings is 2. The molecule has 0 spiro atoms. The van der Waals surface area contributed by atoms with E-state index in [1.165, 1.54) is 161 Å². The fraction of sp³-hybridized carbons (Fsp3) is 0. The van der Waals surface area contributed by atoms with Crippen LogP contribution in [0.4, 0.5) is 0 Å². The highest BCUT2D eigenvalue weighted by Crippen LogP contribution is 2.52. The van der Waals surface area contributed by atoms with E-state index in [2.05, 4.69) is 252 Å². The minimum Gasteiger partial charge on any atom is -0.308 e. The molecule has 0 bridgehead atoms. The third-order valence-corrected chi connectivity index (χ3v) is 18.4. The molecule has 4 aromatic heterocycles. The number of rotatable bonds is 4. The predicted molar refractivity (Wildman–Crippen MR) is 322 cm³/mol. The van der Waals surface area contributed by atoms with Gasteiger partial charge in [-0.2, -0.15) is 0 Å². The highest BCUT2D eigenvalue weighted by atomic mass is 32.1.